The minimum Gasteiger partial charge on any atom is -0.365 e. The van der Waals surface area contributed by atoms with Crippen LogP contribution in [0.2, 0.25) is 0 Å². The molecule has 108 valence electrons. The second kappa shape index (κ2) is 5.63. The Morgan fingerprint density at radius 2 is 1.84 bits per heavy atom. The van der Waals surface area contributed by atoms with E-state index < -0.39 is 11.9 Å². The van der Waals surface area contributed by atoms with E-state index in [0.29, 0.717) is 0 Å². The summed E-state index contributed by atoms with van der Waals surface area (Å²) in [6, 6.07) is 0.929. The summed E-state index contributed by atoms with van der Waals surface area (Å²) in [5.74, 6) is 0.120. The molecule has 0 unspecified atom stereocenters. The lowest BCUT2D eigenvalue weighted by molar-refractivity contribution is -0.141. The number of aromatic nitrogens is 2. The van der Waals surface area contributed by atoms with Gasteiger partial charge in [0.15, 0.2) is 5.69 Å². The highest BCUT2D eigenvalue weighted by molar-refractivity contribution is 5.44. The minimum absolute atomic E-state index is 0.0513. The molecule has 0 aliphatic rings. The van der Waals surface area contributed by atoms with Crippen molar-refractivity contribution in [3.63, 3.8) is 0 Å². The van der Waals surface area contributed by atoms with Crippen LogP contribution in [0.4, 0.5) is 24.9 Å². The van der Waals surface area contributed by atoms with Gasteiger partial charge in [-0.15, -0.1) is 0 Å². The van der Waals surface area contributed by atoms with Gasteiger partial charge in [-0.25, -0.2) is 4.98 Å². The highest BCUT2D eigenvalue weighted by Crippen LogP contribution is 2.30. The van der Waals surface area contributed by atoms with Gasteiger partial charge in [0.2, 0.25) is 5.95 Å². The molecule has 0 bridgehead atoms. The summed E-state index contributed by atoms with van der Waals surface area (Å²) in [7, 11) is 1.48. The lowest BCUT2D eigenvalue weighted by Gasteiger charge is -2.26. The van der Waals surface area contributed by atoms with E-state index in [1.165, 1.54) is 7.05 Å². The van der Waals surface area contributed by atoms with Gasteiger partial charge in [0.1, 0.15) is 5.82 Å². The maximum atomic E-state index is 12.7. The van der Waals surface area contributed by atoms with Crippen LogP contribution < -0.4 is 10.6 Å². The minimum atomic E-state index is -4.49. The second-order valence-corrected chi connectivity index (χ2v) is 4.97. The summed E-state index contributed by atoms with van der Waals surface area (Å²) < 4.78 is 38.2. The molecular weight excluding hydrogens is 257 g/mol. The zero-order valence-electron chi connectivity index (χ0n) is 11.5. The van der Waals surface area contributed by atoms with E-state index in [4.69, 9.17) is 0 Å². The van der Waals surface area contributed by atoms with Crippen molar-refractivity contribution in [3.8, 4) is 0 Å². The van der Waals surface area contributed by atoms with E-state index >= 15 is 0 Å². The van der Waals surface area contributed by atoms with E-state index in [0.717, 1.165) is 18.9 Å². The molecule has 4 nitrogen and oxygen atoms in total. The molecule has 0 aliphatic heterocycles. The molecule has 0 saturated heterocycles. The molecule has 0 aromatic carbocycles. The van der Waals surface area contributed by atoms with Crippen LogP contribution in [0.1, 0.15) is 39.3 Å². The fourth-order valence-electron chi connectivity index (χ4n) is 1.80. The average molecular weight is 276 g/mol. The highest BCUT2D eigenvalue weighted by Gasteiger charge is 2.34. The third-order valence-corrected chi connectivity index (χ3v) is 2.58. The molecule has 0 aliphatic carbocycles. The molecule has 0 atom stereocenters. The van der Waals surface area contributed by atoms with Crippen molar-refractivity contribution in [2.75, 3.05) is 17.7 Å². The number of hydrogen-bond acceptors (Lipinski definition) is 4. The Kier molecular flexibility index (Phi) is 4.60. The number of anilines is 2. The molecule has 1 aromatic rings. The van der Waals surface area contributed by atoms with Crippen molar-refractivity contribution in [3.05, 3.63) is 11.8 Å². The maximum Gasteiger partial charge on any atom is 0.433 e. The first kappa shape index (κ1) is 15.5. The third-order valence-electron chi connectivity index (χ3n) is 2.58. The van der Waals surface area contributed by atoms with Crippen LogP contribution in [0.15, 0.2) is 6.07 Å². The van der Waals surface area contributed by atoms with Crippen molar-refractivity contribution < 1.29 is 13.2 Å². The van der Waals surface area contributed by atoms with Crippen LogP contribution >= 0.6 is 0 Å². The van der Waals surface area contributed by atoms with Gasteiger partial charge in [0.05, 0.1) is 0 Å². The first-order valence-electron chi connectivity index (χ1n) is 6.10. The summed E-state index contributed by atoms with van der Waals surface area (Å²) in [4.78, 5) is 7.41. The van der Waals surface area contributed by atoms with Crippen LogP contribution in [0.25, 0.3) is 0 Å². The SMILES string of the molecule is CCCC(C)(C)Nc1cc(C(F)(F)F)nc(NC)n1. The normalized spacial score (nSPS) is 12.4. The van der Waals surface area contributed by atoms with Crippen LogP contribution in [-0.2, 0) is 6.18 Å². The number of hydrogen-bond donors (Lipinski definition) is 2. The third kappa shape index (κ3) is 4.57. The van der Waals surface area contributed by atoms with Crippen molar-refractivity contribution >= 4 is 11.8 Å². The number of nitrogens with zero attached hydrogens (tertiary/aromatic N) is 2. The molecule has 1 aromatic heterocycles. The van der Waals surface area contributed by atoms with Gasteiger partial charge in [-0.05, 0) is 20.3 Å². The largest absolute Gasteiger partial charge is 0.433 e. The van der Waals surface area contributed by atoms with Gasteiger partial charge >= 0.3 is 6.18 Å². The highest BCUT2D eigenvalue weighted by atomic mass is 19.4. The van der Waals surface area contributed by atoms with Crippen LogP contribution in [0.5, 0.6) is 0 Å². The van der Waals surface area contributed by atoms with Crippen molar-refractivity contribution in [1.82, 2.24) is 9.97 Å². The predicted octanol–water partition coefficient (Wildman–Crippen LogP) is 3.53. The van der Waals surface area contributed by atoms with E-state index in [1.807, 2.05) is 20.8 Å². The van der Waals surface area contributed by atoms with E-state index in [2.05, 4.69) is 20.6 Å². The Labute approximate surface area is 110 Å². The van der Waals surface area contributed by atoms with Crippen molar-refractivity contribution in [2.24, 2.45) is 0 Å². The quantitative estimate of drug-likeness (QED) is 0.863. The number of nitrogens with one attached hydrogen (secondary N) is 2. The molecule has 7 heteroatoms. The first-order valence-corrected chi connectivity index (χ1v) is 6.10. The number of alkyl halides is 3. The zero-order chi connectivity index (χ0) is 14.7. The Hall–Kier alpha value is -1.53. The smallest absolute Gasteiger partial charge is 0.365 e. The standard InChI is InChI=1S/C12H19F3N4/c1-5-6-11(2,3)19-9-7-8(12(13,14)15)17-10(16-4)18-9/h7H,5-6H2,1-4H3,(H2,16,17,18,19). The summed E-state index contributed by atoms with van der Waals surface area (Å²) in [5.41, 5.74) is -1.28. The Morgan fingerprint density at radius 1 is 1.21 bits per heavy atom. The van der Waals surface area contributed by atoms with Gasteiger partial charge in [0.25, 0.3) is 0 Å². The van der Waals surface area contributed by atoms with Gasteiger partial charge in [-0.2, -0.15) is 18.2 Å². The molecule has 0 amide bonds. The molecule has 1 heterocycles. The Bertz CT molecular complexity index is 429. The van der Waals surface area contributed by atoms with Gasteiger partial charge in [-0.3, -0.25) is 0 Å². The van der Waals surface area contributed by atoms with Crippen LogP contribution in [0, 0.1) is 0 Å². The Morgan fingerprint density at radius 3 is 2.32 bits per heavy atom. The zero-order valence-corrected chi connectivity index (χ0v) is 11.5. The van der Waals surface area contributed by atoms with Gasteiger partial charge in [0, 0.05) is 18.7 Å². The average Bonchev–Trinajstić information content (AvgIpc) is 2.26. The van der Waals surface area contributed by atoms with Crippen molar-refractivity contribution in [2.45, 2.75) is 45.3 Å². The molecule has 2 N–H and O–H groups in total. The first-order chi connectivity index (χ1) is 8.68. The fraction of sp³-hybridized carbons (Fsp3) is 0.667. The van der Waals surface area contributed by atoms with Gasteiger partial charge in [-0.1, -0.05) is 13.3 Å². The summed E-state index contributed by atoms with van der Waals surface area (Å²) in [6.45, 7) is 5.86. The maximum absolute atomic E-state index is 12.7. The number of halogens is 3. The topological polar surface area (TPSA) is 49.8 Å². The molecule has 0 fully saturated rings. The van der Waals surface area contributed by atoms with Crippen LogP contribution in [0.3, 0.4) is 0 Å². The summed E-state index contributed by atoms with van der Waals surface area (Å²) in [5, 5.41) is 5.55. The molecule has 0 radical (unpaired) electrons. The summed E-state index contributed by atoms with van der Waals surface area (Å²) >= 11 is 0. The van der Waals surface area contributed by atoms with E-state index in [-0.39, 0.29) is 17.3 Å². The van der Waals surface area contributed by atoms with E-state index in [9.17, 15) is 13.2 Å². The van der Waals surface area contributed by atoms with Crippen molar-refractivity contribution in [1.29, 1.82) is 0 Å². The molecular formula is C12H19F3N4. The van der Waals surface area contributed by atoms with E-state index in [1.54, 1.807) is 0 Å². The van der Waals surface area contributed by atoms with Crippen LogP contribution in [-0.4, -0.2) is 22.6 Å². The fourth-order valence-corrected chi connectivity index (χ4v) is 1.80. The lowest BCUT2D eigenvalue weighted by atomic mass is 9.99. The number of rotatable bonds is 5. The molecule has 0 saturated carbocycles. The lowest BCUT2D eigenvalue weighted by Crippen LogP contribution is -2.31. The molecule has 0 spiro atoms. The molecule has 19 heavy (non-hydrogen) atoms. The monoisotopic (exact) mass is 276 g/mol. The Balaban J connectivity index is 3.07. The molecule has 1 rings (SSSR count). The predicted molar refractivity (Wildman–Crippen MR) is 69.2 cm³/mol. The van der Waals surface area contributed by atoms with Gasteiger partial charge < -0.3 is 10.6 Å². The second-order valence-electron chi connectivity index (χ2n) is 4.97. The summed E-state index contributed by atoms with van der Waals surface area (Å²) in [6.07, 6.45) is -2.73.